The van der Waals surface area contributed by atoms with Gasteiger partial charge >= 0.3 is 0 Å². The Morgan fingerprint density at radius 3 is 2.88 bits per heavy atom. The number of nitrogens with one attached hydrogen (secondary N) is 1. The molecular weight excluding hydrogens is 238 g/mol. The first-order valence-corrected chi connectivity index (χ1v) is 6.02. The SMILES string of the molecule is N=C(N)c1ccc(N2CCCC(O)C2)c(Cl)c1. The maximum Gasteiger partial charge on any atom is 0.122 e. The Labute approximate surface area is 105 Å². The molecule has 0 spiro atoms. The summed E-state index contributed by atoms with van der Waals surface area (Å²) in [5, 5.41) is 17.6. The Bertz CT molecular complexity index is 436. The third-order valence-corrected chi connectivity index (χ3v) is 3.30. The maximum absolute atomic E-state index is 9.64. The highest BCUT2D eigenvalue weighted by Gasteiger charge is 2.19. The highest BCUT2D eigenvalue weighted by molar-refractivity contribution is 6.33. The normalized spacial score (nSPS) is 20.4. The number of hydrogen-bond donors (Lipinski definition) is 3. The van der Waals surface area contributed by atoms with E-state index in [1.165, 1.54) is 0 Å². The van der Waals surface area contributed by atoms with Gasteiger partial charge in [0.05, 0.1) is 16.8 Å². The van der Waals surface area contributed by atoms with Crippen molar-refractivity contribution in [1.82, 2.24) is 0 Å². The molecule has 1 fully saturated rings. The number of nitrogens with two attached hydrogens (primary N) is 1. The first-order chi connectivity index (χ1) is 8.08. The van der Waals surface area contributed by atoms with Gasteiger partial charge < -0.3 is 15.7 Å². The molecule has 0 saturated carbocycles. The van der Waals surface area contributed by atoms with Gasteiger partial charge in [0.15, 0.2) is 0 Å². The van der Waals surface area contributed by atoms with E-state index in [0.717, 1.165) is 25.1 Å². The van der Waals surface area contributed by atoms with Crippen LogP contribution in [0.25, 0.3) is 0 Å². The van der Waals surface area contributed by atoms with Crippen molar-refractivity contribution in [3.05, 3.63) is 28.8 Å². The number of anilines is 1. The second-order valence-electron chi connectivity index (χ2n) is 4.32. The molecular formula is C12H16ClN3O. The first-order valence-electron chi connectivity index (χ1n) is 5.65. The Kier molecular flexibility index (Phi) is 3.54. The summed E-state index contributed by atoms with van der Waals surface area (Å²) in [6.07, 6.45) is 1.53. The van der Waals surface area contributed by atoms with Gasteiger partial charge in [-0.3, -0.25) is 5.41 Å². The highest BCUT2D eigenvalue weighted by atomic mass is 35.5. The summed E-state index contributed by atoms with van der Waals surface area (Å²) in [6.45, 7) is 1.51. The molecule has 0 aromatic heterocycles. The zero-order chi connectivity index (χ0) is 12.4. The third-order valence-electron chi connectivity index (χ3n) is 3.00. The third kappa shape index (κ3) is 2.70. The number of β-amino-alcohol motifs (C(OH)–C–C–N with tert-alkyl or cyclic N) is 1. The van der Waals surface area contributed by atoms with Crippen LogP contribution in [-0.2, 0) is 0 Å². The summed E-state index contributed by atoms with van der Waals surface area (Å²) in [5.41, 5.74) is 6.92. The van der Waals surface area contributed by atoms with E-state index in [9.17, 15) is 5.11 Å². The molecule has 1 aliphatic heterocycles. The molecule has 0 aliphatic carbocycles. The van der Waals surface area contributed by atoms with Crippen LogP contribution in [0, 0.1) is 5.41 Å². The summed E-state index contributed by atoms with van der Waals surface area (Å²) in [6, 6.07) is 5.34. The Hall–Kier alpha value is -1.26. The van der Waals surface area contributed by atoms with E-state index in [2.05, 4.69) is 4.90 Å². The maximum atomic E-state index is 9.64. The van der Waals surface area contributed by atoms with Crippen LogP contribution >= 0.6 is 11.6 Å². The van der Waals surface area contributed by atoms with Gasteiger partial charge in [-0.15, -0.1) is 0 Å². The largest absolute Gasteiger partial charge is 0.391 e. The van der Waals surface area contributed by atoms with E-state index in [4.69, 9.17) is 22.7 Å². The zero-order valence-electron chi connectivity index (χ0n) is 9.49. The fraction of sp³-hybridized carbons (Fsp3) is 0.417. The molecule has 5 heteroatoms. The average Bonchev–Trinajstić information content (AvgIpc) is 2.28. The molecule has 1 aromatic carbocycles. The number of nitrogen functional groups attached to an aromatic ring is 1. The van der Waals surface area contributed by atoms with E-state index < -0.39 is 0 Å². The quantitative estimate of drug-likeness (QED) is 0.554. The summed E-state index contributed by atoms with van der Waals surface area (Å²) in [7, 11) is 0. The molecule has 0 bridgehead atoms. The van der Waals surface area contributed by atoms with Gasteiger partial charge in [-0.05, 0) is 31.0 Å². The summed E-state index contributed by atoms with van der Waals surface area (Å²) in [4.78, 5) is 2.07. The van der Waals surface area contributed by atoms with Gasteiger partial charge in [-0.1, -0.05) is 11.6 Å². The van der Waals surface area contributed by atoms with Crippen molar-refractivity contribution < 1.29 is 5.11 Å². The minimum Gasteiger partial charge on any atom is -0.391 e. The van der Waals surface area contributed by atoms with Crippen molar-refractivity contribution in [2.75, 3.05) is 18.0 Å². The molecule has 2 rings (SSSR count). The molecule has 1 unspecified atom stereocenters. The minimum absolute atomic E-state index is 0.0112. The van der Waals surface area contributed by atoms with Gasteiger partial charge in [0.2, 0.25) is 0 Å². The predicted octanol–water partition coefficient (Wildman–Crippen LogP) is 1.59. The summed E-state index contributed by atoms with van der Waals surface area (Å²) < 4.78 is 0. The number of piperidine rings is 1. The molecule has 1 atom stereocenters. The number of benzene rings is 1. The van der Waals surface area contributed by atoms with E-state index in [-0.39, 0.29) is 11.9 Å². The van der Waals surface area contributed by atoms with Crippen molar-refractivity contribution in [3.63, 3.8) is 0 Å². The Balaban J connectivity index is 2.23. The van der Waals surface area contributed by atoms with Gasteiger partial charge in [0, 0.05) is 18.7 Å². The molecule has 0 radical (unpaired) electrons. The van der Waals surface area contributed by atoms with Crippen molar-refractivity contribution in [1.29, 1.82) is 5.41 Å². The lowest BCUT2D eigenvalue weighted by molar-refractivity contribution is 0.154. The number of aliphatic hydroxyl groups is 1. The van der Waals surface area contributed by atoms with Crippen molar-refractivity contribution in [2.24, 2.45) is 5.73 Å². The minimum atomic E-state index is -0.285. The molecule has 0 amide bonds. The molecule has 1 heterocycles. The van der Waals surface area contributed by atoms with Crippen LogP contribution in [0.3, 0.4) is 0 Å². The van der Waals surface area contributed by atoms with Crippen LogP contribution in [0.15, 0.2) is 18.2 Å². The van der Waals surface area contributed by atoms with Crippen molar-refractivity contribution in [2.45, 2.75) is 18.9 Å². The molecule has 4 N–H and O–H groups in total. The molecule has 17 heavy (non-hydrogen) atoms. The van der Waals surface area contributed by atoms with Gasteiger partial charge in [0.1, 0.15) is 5.84 Å². The molecule has 4 nitrogen and oxygen atoms in total. The standard InChI is InChI=1S/C12H16ClN3O/c13-10-6-8(12(14)15)3-4-11(10)16-5-1-2-9(17)7-16/h3-4,6,9,17H,1-2,5,7H2,(H3,14,15). The monoisotopic (exact) mass is 253 g/mol. The lowest BCUT2D eigenvalue weighted by Gasteiger charge is -2.32. The fourth-order valence-electron chi connectivity index (χ4n) is 2.10. The number of hydrogen-bond acceptors (Lipinski definition) is 3. The average molecular weight is 254 g/mol. The van der Waals surface area contributed by atoms with E-state index in [0.29, 0.717) is 17.1 Å². The topological polar surface area (TPSA) is 73.3 Å². The first kappa shape index (κ1) is 12.2. The number of amidine groups is 1. The number of halogens is 1. The van der Waals surface area contributed by atoms with Crippen LogP contribution in [0.4, 0.5) is 5.69 Å². The summed E-state index contributed by atoms with van der Waals surface area (Å²) >= 11 is 6.18. The second-order valence-corrected chi connectivity index (χ2v) is 4.73. The fourth-order valence-corrected chi connectivity index (χ4v) is 2.40. The predicted molar refractivity (Wildman–Crippen MR) is 69.9 cm³/mol. The van der Waals surface area contributed by atoms with Crippen LogP contribution < -0.4 is 10.6 Å². The van der Waals surface area contributed by atoms with Crippen LogP contribution in [0.1, 0.15) is 18.4 Å². The second kappa shape index (κ2) is 4.94. The van der Waals surface area contributed by atoms with Crippen LogP contribution in [0.5, 0.6) is 0 Å². The Morgan fingerprint density at radius 1 is 1.53 bits per heavy atom. The van der Waals surface area contributed by atoms with Crippen molar-refractivity contribution >= 4 is 23.1 Å². The lowest BCUT2D eigenvalue weighted by atomic mass is 10.1. The number of nitrogens with zero attached hydrogens (tertiary/aromatic N) is 1. The molecule has 1 saturated heterocycles. The van der Waals surface area contributed by atoms with Gasteiger partial charge in [-0.25, -0.2) is 0 Å². The number of rotatable bonds is 2. The highest BCUT2D eigenvalue weighted by Crippen LogP contribution is 2.29. The molecule has 1 aliphatic rings. The van der Waals surface area contributed by atoms with E-state index >= 15 is 0 Å². The van der Waals surface area contributed by atoms with Crippen LogP contribution in [0.2, 0.25) is 5.02 Å². The van der Waals surface area contributed by atoms with E-state index in [1.807, 2.05) is 6.07 Å². The summed E-state index contributed by atoms with van der Waals surface area (Å²) in [5.74, 6) is 0.0112. The zero-order valence-corrected chi connectivity index (χ0v) is 10.2. The molecule has 1 aromatic rings. The Morgan fingerprint density at radius 2 is 2.29 bits per heavy atom. The van der Waals surface area contributed by atoms with Gasteiger partial charge in [0.25, 0.3) is 0 Å². The van der Waals surface area contributed by atoms with Gasteiger partial charge in [-0.2, -0.15) is 0 Å². The smallest absolute Gasteiger partial charge is 0.122 e. The molecule has 92 valence electrons. The van der Waals surface area contributed by atoms with Crippen LogP contribution in [-0.4, -0.2) is 30.1 Å². The van der Waals surface area contributed by atoms with E-state index in [1.54, 1.807) is 12.1 Å². The lowest BCUT2D eigenvalue weighted by Crippen LogP contribution is -2.38. The van der Waals surface area contributed by atoms with Crippen molar-refractivity contribution in [3.8, 4) is 0 Å². The number of aliphatic hydroxyl groups excluding tert-OH is 1.